The number of thioether (sulfide) groups is 1. The van der Waals surface area contributed by atoms with Gasteiger partial charge in [-0.15, -0.1) is 0 Å². The molecule has 0 radical (unpaired) electrons. The third kappa shape index (κ3) is 5.98. The Morgan fingerprint density at radius 1 is 1.19 bits per heavy atom. The lowest BCUT2D eigenvalue weighted by molar-refractivity contribution is -0.138. The van der Waals surface area contributed by atoms with Gasteiger partial charge in [-0.05, 0) is 43.2 Å². The normalized spacial score (nSPS) is 15.8. The summed E-state index contributed by atoms with van der Waals surface area (Å²) in [6.45, 7) is 0.356. The molecular weight excluding hydrogens is 470 g/mol. The van der Waals surface area contributed by atoms with Gasteiger partial charge >= 0.3 is 12.1 Å². The van der Waals surface area contributed by atoms with Crippen molar-refractivity contribution in [1.29, 1.82) is 0 Å². The maximum absolute atomic E-state index is 13.7. The van der Waals surface area contributed by atoms with Crippen LogP contribution in [0.4, 0.5) is 17.6 Å². The molecule has 1 aliphatic heterocycles. The quantitative estimate of drug-likeness (QED) is 0.215. The second-order valence-corrected chi connectivity index (χ2v) is 8.64. The number of unbranched alkanes of at least 4 members (excludes halogenated alkanes) is 2. The second kappa shape index (κ2) is 9.86. The molecule has 0 aliphatic carbocycles. The molecule has 0 unspecified atom stereocenters. The summed E-state index contributed by atoms with van der Waals surface area (Å²) in [6, 6.07) is 4.98. The average molecular weight is 487 g/mol. The van der Waals surface area contributed by atoms with Crippen LogP contribution >= 0.6 is 24.0 Å². The first-order valence-electron chi connectivity index (χ1n) is 9.50. The van der Waals surface area contributed by atoms with E-state index in [9.17, 15) is 27.2 Å². The molecule has 5 nitrogen and oxygen atoms in total. The van der Waals surface area contributed by atoms with Crippen LogP contribution in [-0.2, 0) is 15.8 Å². The molecule has 1 amide bonds. The SMILES string of the molecule is O=C(O)CCCCCN1C(=O)C(=Cc2ccc(-c3cc(F)cc(C(F)(F)F)c3)o2)SC1=S. The van der Waals surface area contributed by atoms with Gasteiger partial charge in [0.2, 0.25) is 0 Å². The fourth-order valence-corrected chi connectivity index (χ4v) is 4.31. The van der Waals surface area contributed by atoms with Gasteiger partial charge in [0, 0.05) is 24.6 Å². The van der Waals surface area contributed by atoms with Crippen LogP contribution in [0.5, 0.6) is 0 Å². The molecule has 1 saturated heterocycles. The minimum atomic E-state index is -4.70. The minimum Gasteiger partial charge on any atom is -0.481 e. The molecule has 1 aromatic carbocycles. The van der Waals surface area contributed by atoms with Crippen molar-refractivity contribution in [3.05, 3.63) is 52.4 Å². The summed E-state index contributed by atoms with van der Waals surface area (Å²) in [6.07, 6.45) is -1.47. The topological polar surface area (TPSA) is 70.8 Å². The molecule has 0 atom stereocenters. The number of rotatable bonds is 8. The number of hydrogen-bond donors (Lipinski definition) is 1. The Balaban J connectivity index is 1.70. The van der Waals surface area contributed by atoms with E-state index >= 15 is 0 Å². The summed E-state index contributed by atoms with van der Waals surface area (Å²) in [5, 5.41) is 8.65. The van der Waals surface area contributed by atoms with Crippen LogP contribution in [0.1, 0.15) is 37.0 Å². The summed E-state index contributed by atoms with van der Waals surface area (Å²) in [5.74, 6) is -2.02. The van der Waals surface area contributed by atoms with Gasteiger partial charge < -0.3 is 9.52 Å². The number of furan rings is 1. The number of benzene rings is 1. The van der Waals surface area contributed by atoms with Gasteiger partial charge in [-0.3, -0.25) is 14.5 Å². The zero-order valence-electron chi connectivity index (χ0n) is 16.4. The lowest BCUT2D eigenvalue weighted by Crippen LogP contribution is -2.29. The van der Waals surface area contributed by atoms with E-state index in [1.54, 1.807) is 0 Å². The van der Waals surface area contributed by atoms with Crippen LogP contribution in [0.15, 0.2) is 39.7 Å². The van der Waals surface area contributed by atoms with Crippen molar-refractivity contribution in [3.63, 3.8) is 0 Å². The molecule has 32 heavy (non-hydrogen) atoms. The molecule has 11 heteroatoms. The highest BCUT2D eigenvalue weighted by Crippen LogP contribution is 2.36. The highest BCUT2D eigenvalue weighted by atomic mass is 32.2. The number of carboxylic acids is 1. The van der Waals surface area contributed by atoms with E-state index in [4.69, 9.17) is 21.7 Å². The Kier molecular flexibility index (Phi) is 7.40. The fraction of sp³-hybridized carbons (Fsp3) is 0.286. The van der Waals surface area contributed by atoms with Gasteiger partial charge in [0.05, 0.1) is 10.5 Å². The van der Waals surface area contributed by atoms with Crippen molar-refractivity contribution in [2.75, 3.05) is 6.54 Å². The van der Waals surface area contributed by atoms with Crippen LogP contribution in [0.3, 0.4) is 0 Å². The number of hydrogen-bond acceptors (Lipinski definition) is 5. The molecule has 3 rings (SSSR count). The monoisotopic (exact) mass is 487 g/mol. The van der Waals surface area contributed by atoms with E-state index in [0.717, 1.165) is 23.9 Å². The summed E-state index contributed by atoms with van der Waals surface area (Å²) >= 11 is 6.29. The first-order valence-corrected chi connectivity index (χ1v) is 10.7. The predicted octanol–water partition coefficient (Wildman–Crippen LogP) is 5.95. The van der Waals surface area contributed by atoms with Crippen molar-refractivity contribution in [2.24, 2.45) is 0 Å². The van der Waals surface area contributed by atoms with E-state index < -0.39 is 23.5 Å². The molecule has 0 spiro atoms. The third-order valence-electron chi connectivity index (χ3n) is 4.56. The first-order chi connectivity index (χ1) is 15.0. The van der Waals surface area contributed by atoms with E-state index in [1.807, 2.05) is 0 Å². The molecule has 1 N–H and O–H groups in total. The average Bonchev–Trinajstić information content (AvgIpc) is 3.26. The number of carboxylic acid groups (broad SMARTS) is 1. The highest BCUT2D eigenvalue weighted by Gasteiger charge is 2.33. The van der Waals surface area contributed by atoms with Crippen molar-refractivity contribution in [1.82, 2.24) is 4.90 Å². The summed E-state index contributed by atoms with van der Waals surface area (Å²) in [4.78, 5) is 24.8. The molecular formula is C21H17F4NO4S2. The number of alkyl halides is 3. The Hall–Kier alpha value is -2.66. The molecule has 2 heterocycles. The molecule has 0 saturated carbocycles. The maximum atomic E-state index is 13.7. The van der Waals surface area contributed by atoms with E-state index in [-0.39, 0.29) is 34.3 Å². The molecule has 1 fully saturated rings. The predicted molar refractivity (Wildman–Crippen MR) is 115 cm³/mol. The Morgan fingerprint density at radius 2 is 1.94 bits per heavy atom. The number of thiocarbonyl (C=S) groups is 1. The van der Waals surface area contributed by atoms with Crippen molar-refractivity contribution < 1.29 is 36.7 Å². The van der Waals surface area contributed by atoms with Gasteiger partial charge in [0.15, 0.2) is 0 Å². The van der Waals surface area contributed by atoms with Crippen molar-refractivity contribution in [3.8, 4) is 11.3 Å². The number of carbonyl (C=O) groups is 2. The number of aliphatic carboxylic acids is 1. The van der Waals surface area contributed by atoms with E-state index in [1.165, 1.54) is 23.1 Å². The number of amides is 1. The Bertz CT molecular complexity index is 1080. The molecule has 2 aromatic rings. The van der Waals surface area contributed by atoms with Gasteiger partial charge in [0.1, 0.15) is 21.7 Å². The van der Waals surface area contributed by atoms with Crippen LogP contribution in [-0.4, -0.2) is 32.7 Å². The van der Waals surface area contributed by atoms with Crippen LogP contribution < -0.4 is 0 Å². The fourth-order valence-electron chi connectivity index (χ4n) is 3.03. The van der Waals surface area contributed by atoms with Gasteiger partial charge in [0.25, 0.3) is 5.91 Å². The lowest BCUT2D eigenvalue weighted by atomic mass is 10.1. The van der Waals surface area contributed by atoms with Crippen molar-refractivity contribution in [2.45, 2.75) is 31.9 Å². The summed E-state index contributed by atoms with van der Waals surface area (Å²) < 4.78 is 58.3. The lowest BCUT2D eigenvalue weighted by Gasteiger charge is -2.13. The summed E-state index contributed by atoms with van der Waals surface area (Å²) in [5.41, 5.74) is -1.21. The second-order valence-electron chi connectivity index (χ2n) is 6.97. The van der Waals surface area contributed by atoms with Crippen molar-refractivity contribution >= 4 is 46.3 Å². The summed E-state index contributed by atoms with van der Waals surface area (Å²) in [7, 11) is 0. The minimum absolute atomic E-state index is 0.0233. The number of carbonyl (C=O) groups excluding carboxylic acids is 1. The first kappa shape index (κ1) is 24.0. The van der Waals surface area contributed by atoms with E-state index in [2.05, 4.69) is 0 Å². The highest BCUT2D eigenvalue weighted by molar-refractivity contribution is 8.26. The Labute approximate surface area is 190 Å². The van der Waals surface area contributed by atoms with Crippen LogP contribution in [0.25, 0.3) is 17.4 Å². The third-order valence-corrected chi connectivity index (χ3v) is 5.93. The Morgan fingerprint density at radius 3 is 2.62 bits per heavy atom. The van der Waals surface area contributed by atoms with Gasteiger partial charge in [-0.1, -0.05) is 30.4 Å². The maximum Gasteiger partial charge on any atom is 0.416 e. The molecule has 1 aliphatic rings. The van der Waals surface area contributed by atoms with Crippen LogP contribution in [0.2, 0.25) is 0 Å². The smallest absolute Gasteiger partial charge is 0.416 e. The zero-order chi connectivity index (χ0) is 23.5. The standard InChI is InChI=1S/C21H17F4NO4S2/c22-14-9-12(8-13(10-14)21(23,24)25)16-6-5-15(30-16)11-17-19(29)26(20(31)32-17)7-3-1-2-4-18(27)28/h5-6,8-11H,1-4,7H2,(H,27,28). The zero-order valence-corrected chi connectivity index (χ0v) is 18.1. The largest absolute Gasteiger partial charge is 0.481 e. The molecule has 0 bridgehead atoms. The molecule has 170 valence electrons. The van der Waals surface area contributed by atoms with Crippen LogP contribution in [0, 0.1) is 5.82 Å². The van der Waals surface area contributed by atoms with Gasteiger partial charge in [-0.2, -0.15) is 13.2 Å². The van der Waals surface area contributed by atoms with E-state index in [0.29, 0.717) is 36.2 Å². The molecule has 1 aromatic heterocycles. The number of halogens is 4. The van der Waals surface area contributed by atoms with Gasteiger partial charge in [-0.25, -0.2) is 4.39 Å². The number of nitrogens with zero attached hydrogens (tertiary/aromatic N) is 1.